The number of aromatic nitrogens is 2. The maximum Gasteiger partial charge on any atom is 0.272 e. The molecule has 0 bridgehead atoms. The number of nitrogens with zero attached hydrogens (tertiary/aromatic N) is 3. The highest BCUT2D eigenvalue weighted by Gasteiger charge is 2.35. The molecule has 1 aliphatic rings. The molecule has 1 atom stereocenters. The molecule has 2 amide bonds. The first-order chi connectivity index (χ1) is 15.4. The molecule has 1 aromatic carbocycles. The van der Waals surface area contributed by atoms with Crippen LogP contribution in [0.2, 0.25) is 0 Å². The van der Waals surface area contributed by atoms with Gasteiger partial charge < -0.3 is 15.2 Å². The molecule has 0 radical (unpaired) electrons. The summed E-state index contributed by atoms with van der Waals surface area (Å²) in [4.78, 5) is 33.2. The fourth-order valence-electron chi connectivity index (χ4n) is 4.11. The number of benzene rings is 1. The highest BCUT2D eigenvalue weighted by atomic mass is 16.2. The molecule has 0 saturated heterocycles. The first-order valence-electron chi connectivity index (χ1n) is 11.8. The second-order valence-corrected chi connectivity index (χ2v) is 11.2. The summed E-state index contributed by atoms with van der Waals surface area (Å²) in [6.45, 7) is 15.9. The zero-order valence-corrected chi connectivity index (χ0v) is 21.2. The van der Waals surface area contributed by atoms with Crippen molar-refractivity contribution in [1.29, 1.82) is 0 Å². The van der Waals surface area contributed by atoms with Crippen LogP contribution in [0.3, 0.4) is 0 Å². The van der Waals surface area contributed by atoms with Gasteiger partial charge in [0.1, 0.15) is 11.9 Å². The van der Waals surface area contributed by atoms with Crippen molar-refractivity contribution in [2.75, 3.05) is 20.1 Å². The molecule has 7 nitrogen and oxygen atoms in total. The summed E-state index contributed by atoms with van der Waals surface area (Å²) in [5.74, 6) is 0.291. The molecule has 0 aliphatic carbocycles. The summed E-state index contributed by atoms with van der Waals surface area (Å²) in [5.41, 5.74) is 2.13. The Balaban J connectivity index is 1.96. The van der Waals surface area contributed by atoms with E-state index in [4.69, 9.17) is 4.98 Å². The number of hydrogen-bond acceptors (Lipinski definition) is 4. The predicted molar refractivity (Wildman–Crippen MR) is 132 cm³/mol. The lowest BCUT2D eigenvalue weighted by atomic mass is 9.86. The first-order valence-corrected chi connectivity index (χ1v) is 11.8. The summed E-state index contributed by atoms with van der Waals surface area (Å²) >= 11 is 0. The number of rotatable bonds is 6. The van der Waals surface area contributed by atoms with Crippen LogP contribution in [-0.2, 0) is 17.9 Å². The van der Waals surface area contributed by atoms with Gasteiger partial charge in [-0.2, -0.15) is 0 Å². The van der Waals surface area contributed by atoms with E-state index in [9.17, 15) is 9.59 Å². The van der Waals surface area contributed by atoms with Gasteiger partial charge in [0.05, 0.1) is 5.69 Å². The lowest BCUT2D eigenvalue weighted by molar-refractivity contribution is -0.124. The summed E-state index contributed by atoms with van der Waals surface area (Å²) in [6.07, 6.45) is 1.08. The number of likely N-dealkylation sites (N-methyl/N-ethyl adjacent to an activating group) is 1. The van der Waals surface area contributed by atoms with Crippen molar-refractivity contribution in [2.45, 2.75) is 67.1 Å². The van der Waals surface area contributed by atoms with E-state index < -0.39 is 11.5 Å². The van der Waals surface area contributed by atoms with E-state index in [-0.39, 0.29) is 17.2 Å². The van der Waals surface area contributed by atoms with Crippen LogP contribution in [0.15, 0.2) is 30.3 Å². The minimum atomic E-state index is -0.659. The van der Waals surface area contributed by atoms with Crippen LogP contribution in [0, 0.1) is 10.8 Å². The second kappa shape index (κ2) is 9.67. The van der Waals surface area contributed by atoms with Crippen LogP contribution in [0.25, 0.3) is 11.4 Å². The van der Waals surface area contributed by atoms with E-state index in [0.29, 0.717) is 12.2 Å². The van der Waals surface area contributed by atoms with E-state index in [2.05, 4.69) is 40.9 Å². The molecule has 1 unspecified atom stereocenters. The van der Waals surface area contributed by atoms with Gasteiger partial charge >= 0.3 is 0 Å². The van der Waals surface area contributed by atoms with Crippen LogP contribution >= 0.6 is 0 Å². The Morgan fingerprint density at radius 1 is 1.06 bits per heavy atom. The van der Waals surface area contributed by atoms with Gasteiger partial charge in [0.15, 0.2) is 5.69 Å². The molecule has 0 spiro atoms. The first kappa shape index (κ1) is 25.0. The van der Waals surface area contributed by atoms with Crippen LogP contribution < -0.4 is 10.6 Å². The lowest BCUT2D eigenvalue weighted by Crippen LogP contribution is -2.53. The number of fused-ring (bicyclic) bond motifs is 1. The third-order valence-corrected chi connectivity index (χ3v) is 6.16. The number of carbonyl (C=O) groups excluding carboxylic acids is 2. The zero-order valence-electron chi connectivity index (χ0n) is 21.2. The average molecular weight is 454 g/mol. The molecule has 2 aromatic rings. The number of nitrogens with one attached hydrogen (secondary N) is 2. The van der Waals surface area contributed by atoms with Crippen molar-refractivity contribution in [2.24, 2.45) is 10.8 Å². The molecule has 0 fully saturated rings. The topological polar surface area (TPSA) is 79.3 Å². The minimum Gasteiger partial charge on any atom is -0.357 e. The standard InChI is InChI=1S/C26H39N5O2/c1-25(2,3)13-14-30-15-16-31-19(17-30)20(28-22(31)18-11-9-8-10-12-18)23(32)29-21(24(33)27-7)26(4,5)6/h8-12,21H,13-17H2,1-7H3,(H,27,33)(H,29,32). The monoisotopic (exact) mass is 453 g/mol. The van der Waals surface area contributed by atoms with Crippen molar-refractivity contribution in [3.63, 3.8) is 0 Å². The van der Waals surface area contributed by atoms with E-state index in [1.165, 1.54) is 0 Å². The molecular formula is C26H39N5O2. The second-order valence-electron chi connectivity index (χ2n) is 11.2. The van der Waals surface area contributed by atoms with Crippen LogP contribution in [0.1, 0.15) is 64.1 Å². The summed E-state index contributed by atoms with van der Waals surface area (Å²) < 4.78 is 2.17. The SMILES string of the molecule is CNC(=O)C(NC(=O)c1nc(-c2ccccc2)n2c1CN(CCC(C)(C)C)CC2)C(C)(C)C. The van der Waals surface area contributed by atoms with Gasteiger partial charge in [-0.1, -0.05) is 71.9 Å². The number of hydrogen-bond donors (Lipinski definition) is 2. The predicted octanol–water partition coefficient (Wildman–Crippen LogP) is 3.69. The maximum absolute atomic E-state index is 13.5. The number of imidazole rings is 1. The van der Waals surface area contributed by atoms with Crippen molar-refractivity contribution < 1.29 is 9.59 Å². The van der Waals surface area contributed by atoms with E-state index in [1.54, 1.807) is 7.05 Å². The molecule has 7 heteroatoms. The Labute approximate surface area is 198 Å². The highest BCUT2D eigenvalue weighted by Crippen LogP contribution is 2.28. The summed E-state index contributed by atoms with van der Waals surface area (Å²) in [6, 6.07) is 9.32. The molecule has 2 heterocycles. The fourth-order valence-corrected chi connectivity index (χ4v) is 4.11. The van der Waals surface area contributed by atoms with Gasteiger partial charge in [0.2, 0.25) is 5.91 Å². The van der Waals surface area contributed by atoms with Crippen molar-refractivity contribution in [3.8, 4) is 11.4 Å². The molecule has 2 N–H and O–H groups in total. The van der Waals surface area contributed by atoms with Gasteiger partial charge in [-0.3, -0.25) is 14.5 Å². The Hall–Kier alpha value is -2.67. The molecule has 1 aromatic heterocycles. The normalized spacial score (nSPS) is 15.6. The Morgan fingerprint density at radius 3 is 2.30 bits per heavy atom. The zero-order chi connectivity index (χ0) is 24.4. The molecule has 3 rings (SSSR count). The van der Waals surface area contributed by atoms with E-state index in [1.807, 2.05) is 51.1 Å². The van der Waals surface area contributed by atoms with E-state index in [0.717, 1.165) is 43.1 Å². The third-order valence-electron chi connectivity index (χ3n) is 6.16. The molecule has 1 aliphatic heterocycles. The fraction of sp³-hybridized carbons (Fsp3) is 0.577. The smallest absolute Gasteiger partial charge is 0.272 e. The Kier molecular flexibility index (Phi) is 7.32. The van der Waals surface area contributed by atoms with Gasteiger partial charge in [0.25, 0.3) is 5.91 Å². The van der Waals surface area contributed by atoms with Crippen molar-refractivity contribution in [1.82, 2.24) is 25.1 Å². The van der Waals surface area contributed by atoms with Crippen LogP contribution in [-0.4, -0.2) is 52.4 Å². The van der Waals surface area contributed by atoms with Crippen molar-refractivity contribution in [3.05, 3.63) is 41.7 Å². The quantitative estimate of drug-likeness (QED) is 0.699. The van der Waals surface area contributed by atoms with Crippen molar-refractivity contribution >= 4 is 11.8 Å². The number of amides is 2. The third kappa shape index (κ3) is 6.02. The maximum atomic E-state index is 13.5. The molecular weight excluding hydrogens is 414 g/mol. The van der Waals surface area contributed by atoms with Gasteiger partial charge in [-0.15, -0.1) is 0 Å². The summed E-state index contributed by atoms with van der Waals surface area (Å²) in [5, 5.41) is 5.64. The van der Waals surface area contributed by atoms with E-state index >= 15 is 0 Å². The Bertz CT molecular complexity index is 983. The largest absolute Gasteiger partial charge is 0.357 e. The van der Waals surface area contributed by atoms with Crippen LogP contribution in [0.5, 0.6) is 0 Å². The average Bonchev–Trinajstić information content (AvgIpc) is 3.13. The van der Waals surface area contributed by atoms with Gasteiger partial charge in [-0.05, 0) is 23.8 Å². The molecule has 180 valence electrons. The highest BCUT2D eigenvalue weighted by molar-refractivity contribution is 5.97. The molecule has 33 heavy (non-hydrogen) atoms. The molecule has 0 saturated carbocycles. The number of carbonyl (C=O) groups is 2. The van der Waals surface area contributed by atoms with Gasteiger partial charge in [0, 0.05) is 32.2 Å². The van der Waals surface area contributed by atoms with Gasteiger partial charge in [-0.25, -0.2) is 4.98 Å². The van der Waals surface area contributed by atoms with Crippen LogP contribution in [0.4, 0.5) is 0 Å². The lowest BCUT2D eigenvalue weighted by Gasteiger charge is -2.32. The summed E-state index contributed by atoms with van der Waals surface area (Å²) in [7, 11) is 1.59. The Morgan fingerprint density at radius 2 is 1.73 bits per heavy atom. The minimum absolute atomic E-state index is 0.209.